The number of fused-ring (bicyclic) bond motifs is 1. The maximum Gasteiger partial charge on any atom is 0.306 e. The summed E-state index contributed by atoms with van der Waals surface area (Å²) in [7, 11) is 0. The molecule has 56 heavy (non-hydrogen) atoms. The van der Waals surface area contributed by atoms with Crippen molar-refractivity contribution in [2.75, 3.05) is 6.61 Å². The van der Waals surface area contributed by atoms with Crippen LogP contribution in [0, 0.1) is 10.8 Å². The number of ketones is 1. The number of carbonyl (C=O) groups is 3. The fourth-order valence-electron chi connectivity index (χ4n) is 8.84. The summed E-state index contributed by atoms with van der Waals surface area (Å²) in [5.41, 5.74) is 1.75. The Morgan fingerprint density at radius 3 is 2.02 bits per heavy atom. The fourth-order valence-corrected chi connectivity index (χ4v) is 8.84. The average molecular weight is 775 g/mol. The van der Waals surface area contributed by atoms with Gasteiger partial charge in [0.25, 0.3) is 0 Å². The van der Waals surface area contributed by atoms with Crippen LogP contribution in [0.5, 0.6) is 0 Å². The van der Waals surface area contributed by atoms with Crippen molar-refractivity contribution in [3.05, 3.63) is 94.7 Å². The molecule has 3 aliphatic rings. The summed E-state index contributed by atoms with van der Waals surface area (Å²) in [5.74, 6) is -0.493. The standard InChI is InChI=1S/C48H70O8/c1-12-13-14-25-43(52)54-33-38(26-27-42-44(6,7)30-40(55-37(5)49)31-46(42,10)53)24-18-22-35(3)20-16-15-19-34(2)21-17-23-36(4)41(51)32-48-45(8,9)28-39(50)29-47(48,11)56-48/h15-24,27,39-40,50,53H,12-14,25-26,28-33H2,1-11H3/b16-15+,21-17+,22-18+,34-19+,35-20+,36-23+,38-24-,42-27?/t39-,40-,46+,47+,48-/m0/s1. The largest absolute Gasteiger partial charge is 0.462 e. The van der Waals surface area contributed by atoms with Crippen molar-refractivity contribution in [3.8, 4) is 0 Å². The number of unbranched alkanes of at least 4 members (excludes halogenated alkanes) is 2. The number of carbonyl (C=O) groups excluding carboxylic acids is 3. The lowest BCUT2D eigenvalue weighted by atomic mass is 9.61. The van der Waals surface area contributed by atoms with Crippen molar-refractivity contribution in [3.63, 3.8) is 0 Å². The maximum atomic E-state index is 13.2. The summed E-state index contributed by atoms with van der Waals surface area (Å²) in [6.45, 7) is 21.6. The minimum atomic E-state index is -1.14. The maximum absolute atomic E-state index is 13.2. The van der Waals surface area contributed by atoms with E-state index >= 15 is 0 Å². The summed E-state index contributed by atoms with van der Waals surface area (Å²) >= 11 is 0. The van der Waals surface area contributed by atoms with Gasteiger partial charge in [0, 0.05) is 32.6 Å². The van der Waals surface area contributed by atoms with Gasteiger partial charge in [0.1, 0.15) is 18.3 Å². The van der Waals surface area contributed by atoms with Gasteiger partial charge in [-0.3, -0.25) is 14.4 Å². The van der Waals surface area contributed by atoms with Gasteiger partial charge in [-0.2, -0.15) is 0 Å². The van der Waals surface area contributed by atoms with Crippen LogP contribution < -0.4 is 0 Å². The van der Waals surface area contributed by atoms with E-state index in [4.69, 9.17) is 14.2 Å². The van der Waals surface area contributed by atoms with E-state index in [0.29, 0.717) is 50.5 Å². The molecule has 8 heteroatoms. The molecule has 3 fully saturated rings. The van der Waals surface area contributed by atoms with E-state index in [9.17, 15) is 24.6 Å². The Bertz CT molecular complexity index is 1650. The van der Waals surface area contributed by atoms with Gasteiger partial charge in [-0.05, 0) is 87.9 Å². The lowest BCUT2D eigenvalue weighted by molar-refractivity contribution is -0.152. The van der Waals surface area contributed by atoms with Crippen molar-refractivity contribution in [2.45, 2.75) is 169 Å². The number of rotatable bonds is 18. The van der Waals surface area contributed by atoms with Crippen molar-refractivity contribution in [1.29, 1.82) is 0 Å². The fraction of sp³-hybridized carbons (Fsp3) is 0.604. The van der Waals surface area contributed by atoms with Crippen LogP contribution in [0.15, 0.2) is 94.7 Å². The minimum Gasteiger partial charge on any atom is -0.462 e. The predicted octanol–water partition coefficient (Wildman–Crippen LogP) is 10.0. The Labute approximate surface area is 337 Å². The van der Waals surface area contributed by atoms with Gasteiger partial charge in [-0.25, -0.2) is 0 Å². The van der Waals surface area contributed by atoms with E-state index in [1.54, 1.807) is 6.92 Å². The second kappa shape index (κ2) is 19.7. The second-order valence-corrected chi connectivity index (χ2v) is 18.0. The lowest BCUT2D eigenvalue weighted by Crippen LogP contribution is -2.48. The van der Waals surface area contributed by atoms with Crippen LogP contribution in [0.4, 0.5) is 0 Å². The lowest BCUT2D eigenvalue weighted by Gasteiger charge is -2.46. The number of allylic oxidation sites excluding steroid dienone is 14. The van der Waals surface area contributed by atoms with Crippen molar-refractivity contribution in [2.24, 2.45) is 10.8 Å². The normalized spacial score (nSPS) is 30.3. The molecule has 0 amide bonds. The van der Waals surface area contributed by atoms with Gasteiger partial charge in [0.05, 0.1) is 17.3 Å². The second-order valence-electron chi connectivity index (χ2n) is 18.0. The topological polar surface area (TPSA) is 123 Å². The molecule has 0 unspecified atom stereocenters. The van der Waals surface area contributed by atoms with Crippen LogP contribution in [0.25, 0.3) is 0 Å². The zero-order valence-corrected chi connectivity index (χ0v) is 36.1. The zero-order chi connectivity index (χ0) is 42.0. The highest BCUT2D eigenvalue weighted by atomic mass is 16.6. The highest BCUT2D eigenvalue weighted by Gasteiger charge is 2.76. The zero-order valence-electron chi connectivity index (χ0n) is 36.1. The number of aliphatic hydroxyl groups is 2. The first kappa shape index (κ1) is 46.8. The highest BCUT2D eigenvalue weighted by Crippen LogP contribution is 2.67. The highest BCUT2D eigenvalue weighted by molar-refractivity contribution is 5.96. The van der Waals surface area contributed by atoms with Crippen LogP contribution in [0.1, 0.15) is 140 Å². The monoisotopic (exact) mass is 775 g/mol. The Morgan fingerprint density at radius 2 is 1.45 bits per heavy atom. The average Bonchev–Trinajstić information content (AvgIpc) is 3.68. The van der Waals surface area contributed by atoms with E-state index in [1.165, 1.54) is 6.92 Å². The molecule has 0 spiro atoms. The Kier molecular flexibility index (Phi) is 16.5. The summed E-state index contributed by atoms with van der Waals surface area (Å²) < 4.78 is 17.3. The SMILES string of the molecule is CCCCCC(=O)OC\C(=C/C=C/C(C)=C/C=C/C=C(C)/C=C/C=C(\C)C(=O)C[C@@]12O[C@]1(C)C[C@@H](O)CC2(C)C)CC=C1C(C)(C)C[C@H](OC(C)=O)C[C@@]1(C)O. The Hall–Kier alpha value is -3.59. The van der Waals surface area contributed by atoms with Crippen LogP contribution >= 0.6 is 0 Å². The summed E-state index contributed by atoms with van der Waals surface area (Å²) in [6.07, 6.45) is 27.1. The number of esters is 2. The van der Waals surface area contributed by atoms with Gasteiger partial charge in [-0.1, -0.05) is 125 Å². The molecule has 2 aliphatic carbocycles. The smallest absolute Gasteiger partial charge is 0.306 e. The minimum absolute atomic E-state index is 0.0671. The van der Waals surface area contributed by atoms with Crippen LogP contribution in [-0.4, -0.2) is 63.6 Å². The molecule has 0 radical (unpaired) electrons. The molecule has 0 bridgehead atoms. The number of epoxide rings is 1. The van der Waals surface area contributed by atoms with Crippen molar-refractivity contribution in [1.82, 2.24) is 0 Å². The molecular weight excluding hydrogens is 705 g/mol. The van der Waals surface area contributed by atoms with E-state index in [1.807, 2.05) is 94.5 Å². The Morgan fingerprint density at radius 1 is 0.821 bits per heavy atom. The van der Waals surface area contributed by atoms with Crippen molar-refractivity contribution < 1.29 is 38.8 Å². The molecule has 5 atom stereocenters. The van der Waals surface area contributed by atoms with Crippen LogP contribution in [0.2, 0.25) is 0 Å². The molecule has 0 aromatic heterocycles. The molecule has 310 valence electrons. The van der Waals surface area contributed by atoms with Crippen LogP contribution in [-0.2, 0) is 28.6 Å². The third kappa shape index (κ3) is 13.0. The van der Waals surface area contributed by atoms with E-state index in [0.717, 1.165) is 41.6 Å². The van der Waals surface area contributed by atoms with Gasteiger partial charge < -0.3 is 24.4 Å². The summed E-state index contributed by atoms with van der Waals surface area (Å²) in [6, 6.07) is 0. The molecule has 8 nitrogen and oxygen atoms in total. The van der Waals surface area contributed by atoms with Crippen molar-refractivity contribution >= 4 is 17.7 Å². The third-order valence-corrected chi connectivity index (χ3v) is 11.7. The quantitative estimate of drug-likeness (QED) is 0.0353. The van der Waals surface area contributed by atoms with Gasteiger partial charge in [-0.15, -0.1) is 0 Å². The van der Waals surface area contributed by atoms with E-state index in [2.05, 4.69) is 34.6 Å². The Balaban J connectivity index is 1.63. The third-order valence-electron chi connectivity index (χ3n) is 11.7. The molecule has 2 saturated carbocycles. The first-order valence-corrected chi connectivity index (χ1v) is 20.5. The summed E-state index contributed by atoms with van der Waals surface area (Å²) in [5, 5.41) is 21.7. The van der Waals surface area contributed by atoms with E-state index in [-0.39, 0.29) is 35.8 Å². The molecule has 3 rings (SSSR count). The van der Waals surface area contributed by atoms with Crippen LogP contribution in [0.3, 0.4) is 0 Å². The number of hydrogen-bond acceptors (Lipinski definition) is 8. The molecule has 0 aromatic carbocycles. The molecular formula is C48H70O8. The number of Topliss-reactive ketones (excluding diaryl/α,β-unsaturated/α-hetero) is 1. The number of hydrogen-bond donors (Lipinski definition) is 2. The summed E-state index contributed by atoms with van der Waals surface area (Å²) in [4.78, 5) is 37.3. The number of aliphatic hydroxyl groups excluding tert-OH is 1. The predicted molar refractivity (Wildman–Crippen MR) is 225 cm³/mol. The molecule has 0 aromatic rings. The number of ether oxygens (including phenoxy) is 3. The van der Waals surface area contributed by atoms with Gasteiger partial charge >= 0.3 is 11.9 Å². The van der Waals surface area contributed by atoms with Gasteiger partial charge in [0.15, 0.2) is 5.78 Å². The molecule has 2 N–H and O–H groups in total. The molecule has 1 saturated heterocycles. The molecule has 1 aliphatic heterocycles. The van der Waals surface area contributed by atoms with Gasteiger partial charge in [0.2, 0.25) is 0 Å². The first-order valence-electron chi connectivity index (χ1n) is 20.5. The molecule has 1 heterocycles. The first-order chi connectivity index (χ1) is 26.1. The van der Waals surface area contributed by atoms with E-state index < -0.39 is 28.3 Å².